The van der Waals surface area contributed by atoms with Crippen LogP contribution in [0.5, 0.6) is 0 Å². The van der Waals surface area contributed by atoms with E-state index in [1.807, 2.05) is 0 Å². The minimum atomic E-state index is -1.52. The molecule has 1 atom stereocenters. The first-order valence-electron chi connectivity index (χ1n) is 8.69. The van der Waals surface area contributed by atoms with Crippen molar-refractivity contribution in [2.75, 3.05) is 0 Å². The van der Waals surface area contributed by atoms with Gasteiger partial charge in [0.05, 0.1) is 8.07 Å². The summed E-state index contributed by atoms with van der Waals surface area (Å²) in [5, 5.41) is 1.58. The molecular formula is C22H28Si. The Morgan fingerprint density at radius 2 is 1.48 bits per heavy atom. The summed E-state index contributed by atoms with van der Waals surface area (Å²) in [6, 6.07) is 22.1. The summed E-state index contributed by atoms with van der Waals surface area (Å²) in [6.45, 7) is 9.96. The van der Waals surface area contributed by atoms with Crippen molar-refractivity contribution in [3.05, 3.63) is 71.8 Å². The monoisotopic (exact) mass is 320 g/mol. The van der Waals surface area contributed by atoms with Gasteiger partial charge in [-0.2, -0.15) is 0 Å². The highest BCUT2D eigenvalue weighted by Gasteiger charge is 2.44. The van der Waals surface area contributed by atoms with E-state index in [9.17, 15) is 0 Å². The molecule has 1 aliphatic carbocycles. The third-order valence-electron chi connectivity index (χ3n) is 5.43. The van der Waals surface area contributed by atoms with Gasteiger partial charge in [-0.05, 0) is 29.4 Å². The van der Waals surface area contributed by atoms with Crippen LogP contribution in [-0.4, -0.2) is 8.07 Å². The molecule has 0 radical (unpaired) electrons. The van der Waals surface area contributed by atoms with Gasteiger partial charge in [0.2, 0.25) is 0 Å². The lowest BCUT2D eigenvalue weighted by Gasteiger charge is -2.32. The Kier molecular flexibility index (Phi) is 4.33. The van der Waals surface area contributed by atoms with Gasteiger partial charge in [-0.25, -0.2) is 0 Å². The number of hydrogen-bond donors (Lipinski definition) is 0. The van der Waals surface area contributed by atoms with Crippen LogP contribution in [-0.2, 0) is 0 Å². The molecule has 2 aromatic rings. The Morgan fingerprint density at radius 3 is 2.09 bits per heavy atom. The molecule has 0 amide bonds. The van der Waals surface area contributed by atoms with Gasteiger partial charge in [0.25, 0.3) is 0 Å². The molecule has 1 unspecified atom stereocenters. The van der Waals surface area contributed by atoms with Crippen LogP contribution in [0, 0.1) is 5.41 Å². The van der Waals surface area contributed by atoms with Crippen LogP contribution >= 0.6 is 0 Å². The fourth-order valence-electron chi connectivity index (χ4n) is 4.13. The molecule has 1 saturated carbocycles. The zero-order valence-corrected chi connectivity index (χ0v) is 15.8. The predicted molar refractivity (Wildman–Crippen MR) is 105 cm³/mol. The van der Waals surface area contributed by atoms with Crippen molar-refractivity contribution in [2.24, 2.45) is 5.41 Å². The molecule has 0 bridgehead atoms. The predicted octanol–water partition coefficient (Wildman–Crippen LogP) is 5.88. The molecule has 1 fully saturated rings. The lowest BCUT2D eigenvalue weighted by Crippen LogP contribution is -2.45. The quantitative estimate of drug-likeness (QED) is 0.620. The number of hydrogen-bond acceptors (Lipinski definition) is 0. The summed E-state index contributed by atoms with van der Waals surface area (Å²) < 4.78 is 0. The van der Waals surface area contributed by atoms with Crippen LogP contribution in [0.1, 0.15) is 32.3 Å². The van der Waals surface area contributed by atoms with Gasteiger partial charge in [-0.15, -0.1) is 0 Å². The molecule has 0 nitrogen and oxygen atoms in total. The molecule has 1 heteroatoms. The summed E-state index contributed by atoms with van der Waals surface area (Å²) in [4.78, 5) is 0. The molecule has 1 aliphatic rings. The van der Waals surface area contributed by atoms with Gasteiger partial charge in [0, 0.05) is 0 Å². The van der Waals surface area contributed by atoms with Gasteiger partial charge in [-0.3, -0.25) is 0 Å². The Morgan fingerprint density at radius 1 is 0.913 bits per heavy atom. The molecule has 0 saturated heterocycles. The Balaban J connectivity index is 2.00. The van der Waals surface area contributed by atoms with E-state index in [4.69, 9.17) is 0 Å². The smallest absolute Gasteiger partial charge is 0.0683 e. The van der Waals surface area contributed by atoms with E-state index in [1.165, 1.54) is 18.4 Å². The highest BCUT2D eigenvalue weighted by Crippen LogP contribution is 2.52. The Hall–Kier alpha value is -1.60. The van der Waals surface area contributed by atoms with E-state index in [-0.39, 0.29) is 0 Å². The minimum absolute atomic E-state index is 0.421. The number of benzene rings is 2. The normalized spacial score (nSPS) is 22.4. The molecule has 120 valence electrons. The van der Waals surface area contributed by atoms with Crippen LogP contribution in [0.3, 0.4) is 0 Å². The molecule has 0 N–H and O–H groups in total. The Labute approximate surface area is 142 Å². The van der Waals surface area contributed by atoms with Gasteiger partial charge < -0.3 is 0 Å². The molecular weight excluding hydrogens is 292 g/mol. The molecule has 23 heavy (non-hydrogen) atoms. The first kappa shape index (κ1) is 16.3. The maximum atomic E-state index is 2.55. The fraction of sp³-hybridized carbons (Fsp3) is 0.364. The fourth-order valence-corrected chi connectivity index (χ4v) is 7.76. The number of rotatable bonds is 3. The molecule has 2 aromatic carbocycles. The van der Waals surface area contributed by atoms with Crippen molar-refractivity contribution >= 4 is 19.3 Å². The summed E-state index contributed by atoms with van der Waals surface area (Å²) in [5.74, 6) is 0. The van der Waals surface area contributed by atoms with Crippen LogP contribution in [0.25, 0.3) is 6.08 Å². The van der Waals surface area contributed by atoms with E-state index in [1.54, 1.807) is 10.8 Å². The molecule has 0 heterocycles. The van der Waals surface area contributed by atoms with Crippen LogP contribution in [0.4, 0.5) is 0 Å². The summed E-state index contributed by atoms with van der Waals surface area (Å²) in [6.07, 6.45) is 5.02. The second-order valence-corrected chi connectivity index (χ2v) is 13.0. The second-order valence-electron chi connectivity index (χ2n) is 8.32. The average Bonchev–Trinajstić information content (AvgIpc) is 2.84. The zero-order valence-electron chi connectivity index (χ0n) is 14.8. The topological polar surface area (TPSA) is 0 Å². The Bertz CT molecular complexity index is 680. The van der Waals surface area contributed by atoms with Crippen molar-refractivity contribution in [3.63, 3.8) is 0 Å². The van der Waals surface area contributed by atoms with Crippen molar-refractivity contribution in [1.29, 1.82) is 0 Å². The van der Waals surface area contributed by atoms with Crippen molar-refractivity contribution in [3.8, 4) is 0 Å². The van der Waals surface area contributed by atoms with Crippen molar-refractivity contribution in [2.45, 2.75) is 45.3 Å². The lowest BCUT2D eigenvalue weighted by molar-refractivity contribution is 0.388. The van der Waals surface area contributed by atoms with Gasteiger partial charge in [0.15, 0.2) is 0 Å². The van der Waals surface area contributed by atoms with Gasteiger partial charge >= 0.3 is 0 Å². The maximum absolute atomic E-state index is 2.55. The standard InChI is InChI=1S/C22H28Si/c1-22(2)16-19(15-18-11-7-5-8-12-18)21(17-22)23(3,4)20-13-9-6-10-14-20/h5-15,21H,16-17H2,1-4H3/b19-15+. The largest absolute Gasteiger partial charge is 0.0876 e. The first-order chi connectivity index (χ1) is 10.9. The zero-order chi connectivity index (χ0) is 16.5. The lowest BCUT2D eigenvalue weighted by atomic mass is 9.91. The van der Waals surface area contributed by atoms with E-state index >= 15 is 0 Å². The van der Waals surface area contributed by atoms with E-state index in [0.717, 1.165) is 5.54 Å². The first-order valence-corrected chi connectivity index (χ1v) is 11.8. The van der Waals surface area contributed by atoms with Gasteiger partial charge in [-0.1, -0.05) is 104 Å². The number of allylic oxidation sites excluding steroid dienone is 1. The highest BCUT2D eigenvalue weighted by atomic mass is 28.3. The third-order valence-corrected chi connectivity index (χ3v) is 9.57. The summed E-state index contributed by atoms with van der Waals surface area (Å²) in [7, 11) is -1.52. The molecule has 0 aromatic heterocycles. The van der Waals surface area contributed by atoms with Crippen molar-refractivity contribution in [1.82, 2.24) is 0 Å². The van der Waals surface area contributed by atoms with E-state index in [0.29, 0.717) is 5.41 Å². The molecule has 3 rings (SSSR count). The van der Waals surface area contributed by atoms with Crippen molar-refractivity contribution < 1.29 is 0 Å². The van der Waals surface area contributed by atoms with Crippen LogP contribution in [0.2, 0.25) is 18.6 Å². The molecule has 0 spiro atoms. The SMILES string of the molecule is CC1(C)C/C(=C\c2ccccc2)C([Si](C)(C)c2ccccc2)C1. The van der Waals surface area contributed by atoms with E-state index in [2.05, 4.69) is 93.7 Å². The highest BCUT2D eigenvalue weighted by molar-refractivity contribution is 6.91. The molecule has 0 aliphatic heterocycles. The minimum Gasteiger partial charge on any atom is -0.0683 e. The average molecular weight is 321 g/mol. The van der Waals surface area contributed by atoms with Crippen LogP contribution in [0.15, 0.2) is 66.2 Å². The summed E-state index contributed by atoms with van der Waals surface area (Å²) in [5.41, 5.74) is 4.18. The maximum Gasteiger partial charge on any atom is 0.0876 e. The van der Waals surface area contributed by atoms with Gasteiger partial charge in [0.1, 0.15) is 0 Å². The van der Waals surface area contributed by atoms with E-state index < -0.39 is 8.07 Å². The van der Waals surface area contributed by atoms with Crippen LogP contribution < -0.4 is 5.19 Å². The second kappa shape index (κ2) is 6.12. The third kappa shape index (κ3) is 3.50. The summed E-state index contributed by atoms with van der Waals surface area (Å²) >= 11 is 0.